The SMILES string of the molecule is N#CC1=C(N)Oc2c(ccc3ccccc23)[C@H]1c1ccc(OCc2ccc(Cl)c(Cl)c2)cc1. The Morgan fingerprint density at radius 1 is 0.939 bits per heavy atom. The molecule has 0 saturated carbocycles. The highest BCUT2D eigenvalue weighted by molar-refractivity contribution is 6.42. The van der Waals surface area contributed by atoms with Crippen molar-refractivity contribution in [2.45, 2.75) is 12.5 Å². The maximum atomic E-state index is 9.83. The zero-order valence-corrected chi connectivity index (χ0v) is 18.9. The number of ether oxygens (including phenoxy) is 2. The fourth-order valence-corrected chi connectivity index (χ4v) is 4.40. The van der Waals surface area contributed by atoms with E-state index in [0.29, 0.717) is 33.7 Å². The lowest BCUT2D eigenvalue weighted by molar-refractivity contribution is 0.306. The van der Waals surface area contributed by atoms with Crippen molar-refractivity contribution in [3.63, 3.8) is 0 Å². The van der Waals surface area contributed by atoms with E-state index in [2.05, 4.69) is 6.07 Å². The fraction of sp³-hybridized carbons (Fsp3) is 0.0741. The van der Waals surface area contributed by atoms with Crippen molar-refractivity contribution in [3.05, 3.63) is 117 Å². The first-order valence-corrected chi connectivity index (χ1v) is 11.1. The van der Waals surface area contributed by atoms with E-state index in [1.165, 1.54) is 0 Å². The van der Waals surface area contributed by atoms with E-state index < -0.39 is 0 Å². The minimum atomic E-state index is -0.326. The zero-order valence-electron chi connectivity index (χ0n) is 17.4. The molecule has 1 aliphatic rings. The molecule has 0 amide bonds. The van der Waals surface area contributed by atoms with Crippen LogP contribution in [0.5, 0.6) is 11.5 Å². The second-order valence-electron chi connectivity index (χ2n) is 7.74. The van der Waals surface area contributed by atoms with Crippen LogP contribution in [0.25, 0.3) is 10.8 Å². The molecule has 4 aromatic carbocycles. The Kier molecular flexibility index (Phi) is 5.60. The van der Waals surface area contributed by atoms with Gasteiger partial charge in [-0.05, 0) is 40.8 Å². The van der Waals surface area contributed by atoms with Crippen LogP contribution >= 0.6 is 23.2 Å². The maximum Gasteiger partial charge on any atom is 0.205 e. The van der Waals surface area contributed by atoms with Gasteiger partial charge in [-0.3, -0.25) is 0 Å². The third-order valence-electron chi connectivity index (χ3n) is 5.71. The monoisotopic (exact) mass is 472 g/mol. The number of fused-ring (bicyclic) bond motifs is 3. The van der Waals surface area contributed by atoms with Gasteiger partial charge in [0.1, 0.15) is 29.7 Å². The fourth-order valence-electron chi connectivity index (χ4n) is 4.08. The van der Waals surface area contributed by atoms with Gasteiger partial charge in [0.25, 0.3) is 0 Å². The van der Waals surface area contributed by atoms with E-state index in [9.17, 15) is 5.26 Å². The van der Waals surface area contributed by atoms with Gasteiger partial charge in [-0.25, -0.2) is 0 Å². The summed E-state index contributed by atoms with van der Waals surface area (Å²) in [5, 5.41) is 12.8. The molecule has 1 heterocycles. The molecule has 162 valence electrons. The molecule has 4 aromatic rings. The first-order valence-electron chi connectivity index (χ1n) is 10.3. The number of rotatable bonds is 4. The van der Waals surface area contributed by atoms with Gasteiger partial charge in [0.2, 0.25) is 5.88 Å². The van der Waals surface area contributed by atoms with Crippen LogP contribution in [0.2, 0.25) is 10.0 Å². The number of halogens is 2. The quantitative estimate of drug-likeness (QED) is 0.349. The van der Waals surface area contributed by atoms with Crippen molar-refractivity contribution in [3.8, 4) is 17.6 Å². The Morgan fingerprint density at radius 2 is 1.73 bits per heavy atom. The first kappa shape index (κ1) is 21.2. The maximum absolute atomic E-state index is 9.83. The summed E-state index contributed by atoms with van der Waals surface area (Å²) in [5.74, 6) is 1.19. The predicted molar refractivity (Wildman–Crippen MR) is 130 cm³/mol. The Balaban J connectivity index is 1.46. The van der Waals surface area contributed by atoms with Gasteiger partial charge >= 0.3 is 0 Å². The summed E-state index contributed by atoms with van der Waals surface area (Å²) in [7, 11) is 0. The van der Waals surface area contributed by atoms with Crippen LogP contribution in [0.4, 0.5) is 0 Å². The van der Waals surface area contributed by atoms with E-state index in [0.717, 1.165) is 27.5 Å². The normalized spacial score (nSPS) is 15.0. The predicted octanol–water partition coefficient (Wildman–Crippen LogP) is 6.94. The molecule has 33 heavy (non-hydrogen) atoms. The van der Waals surface area contributed by atoms with E-state index in [-0.39, 0.29) is 11.8 Å². The first-order chi connectivity index (χ1) is 16.0. The number of allylic oxidation sites excluding steroid dienone is 1. The number of hydrogen-bond acceptors (Lipinski definition) is 4. The van der Waals surface area contributed by atoms with Crippen LogP contribution in [0.15, 0.2) is 90.3 Å². The minimum absolute atomic E-state index is 0.131. The van der Waals surface area contributed by atoms with Gasteiger partial charge in [0, 0.05) is 10.9 Å². The van der Waals surface area contributed by atoms with Gasteiger partial charge in [0.15, 0.2) is 0 Å². The lowest BCUT2D eigenvalue weighted by Gasteiger charge is -2.27. The Hall–Kier alpha value is -3.65. The van der Waals surface area contributed by atoms with Crippen molar-refractivity contribution in [1.82, 2.24) is 0 Å². The van der Waals surface area contributed by atoms with E-state index >= 15 is 0 Å². The number of hydrogen-bond donors (Lipinski definition) is 1. The largest absolute Gasteiger partial charge is 0.489 e. The summed E-state index contributed by atoms with van der Waals surface area (Å²) < 4.78 is 11.8. The summed E-state index contributed by atoms with van der Waals surface area (Å²) in [6.45, 7) is 0.360. The van der Waals surface area contributed by atoms with Crippen molar-refractivity contribution in [2.75, 3.05) is 0 Å². The van der Waals surface area contributed by atoms with Crippen LogP contribution in [0.1, 0.15) is 22.6 Å². The van der Waals surface area contributed by atoms with Gasteiger partial charge in [-0.1, -0.05) is 77.8 Å². The molecule has 0 aliphatic carbocycles. The summed E-state index contributed by atoms with van der Waals surface area (Å²) in [6, 6.07) is 27.3. The molecular weight excluding hydrogens is 455 g/mol. The van der Waals surface area contributed by atoms with Crippen LogP contribution in [-0.2, 0) is 6.61 Å². The minimum Gasteiger partial charge on any atom is -0.489 e. The summed E-state index contributed by atoms with van der Waals surface area (Å²) in [4.78, 5) is 0. The van der Waals surface area contributed by atoms with Crippen LogP contribution < -0.4 is 15.2 Å². The third kappa shape index (κ3) is 3.98. The highest BCUT2D eigenvalue weighted by Crippen LogP contribution is 2.45. The van der Waals surface area contributed by atoms with Gasteiger partial charge < -0.3 is 15.2 Å². The Labute approximate surface area is 201 Å². The molecule has 6 heteroatoms. The topological polar surface area (TPSA) is 68.3 Å². The number of nitrogens with two attached hydrogens (primary N) is 1. The Morgan fingerprint density at radius 3 is 2.48 bits per heavy atom. The smallest absolute Gasteiger partial charge is 0.205 e. The van der Waals surface area contributed by atoms with E-state index in [4.69, 9.17) is 38.4 Å². The lowest BCUT2D eigenvalue weighted by atomic mass is 9.82. The zero-order chi connectivity index (χ0) is 22.9. The second-order valence-corrected chi connectivity index (χ2v) is 8.55. The van der Waals surface area contributed by atoms with Gasteiger partial charge in [0.05, 0.1) is 16.0 Å². The molecule has 5 rings (SSSR count). The number of nitriles is 1. The molecule has 0 bridgehead atoms. The molecule has 1 atom stereocenters. The molecule has 0 fully saturated rings. The van der Waals surface area contributed by atoms with Crippen molar-refractivity contribution >= 4 is 34.0 Å². The summed E-state index contributed by atoms with van der Waals surface area (Å²) >= 11 is 12.1. The summed E-state index contributed by atoms with van der Waals surface area (Å²) in [5.41, 5.74) is 9.32. The Bertz CT molecular complexity index is 1440. The molecule has 0 spiro atoms. The third-order valence-corrected chi connectivity index (χ3v) is 6.45. The number of nitrogens with zero attached hydrogens (tertiary/aromatic N) is 1. The van der Waals surface area contributed by atoms with Crippen molar-refractivity contribution < 1.29 is 9.47 Å². The highest BCUT2D eigenvalue weighted by atomic mass is 35.5. The lowest BCUT2D eigenvalue weighted by Crippen LogP contribution is -2.21. The number of benzene rings is 4. The average Bonchev–Trinajstić information content (AvgIpc) is 2.84. The summed E-state index contributed by atoms with van der Waals surface area (Å²) in [6.07, 6.45) is 0. The molecular formula is C27H18Cl2N2O2. The van der Waals surface area contributed by atoms with Crippen LogP contribution in [0, 0.1) is 11.3 Å². The highest BCUT2D eigenvalue weighted by Gasteiger charge is 2.31. The van der Waals surface area contributed by atoms with Crippen molar-refractivity contribution in [2.24, 2.45) is 5.73 Å². The van der Waals surface area contributed by atoms with Crippen LogP contribution in [0.3, 0.4) is 0 Å². The molecule has 0 aromatic heterocycles. The standard InChI is InChI=1S/C27H18Cl2N2O2/c28-23-12-5-16(13-24(23)29)15-32-19-9-6-18(7-10-19)25-21-11-8-17-3-1-2-4-20(17)26(21)33-27(31)22(25)14-30/h1-13,25H,15,31H2/t25-/m1/s1. The van der Waals surface area contributed by atoms with E-state index in [1.54, 1.807) is 12.1 Å². The molecule has 0 saturated heterocycles. The molecule has 0 radical (unpaired) electrons. The van der Waals surface area contributed by atoms with Crippen molar-refractivity contribution in [1.29, 1.82) is 5.26 Å². The molecule has 4 nitrogen and oxygen atoms in total. The molecule has 2 N–H and O–H groups in total. The van der Waals surface area contributed by atoms with Gasteiger partial charge in [-0.15, -0.1) is 0 Å². The second kappa shape index (κ2) is 8.71. The molecule has 0 unspecified atom stereocenters. The molecule has 1 aliphatic heterocycles. The van der Waals surface area contributed by atoms with Crippen LogP contribution in [-0.4, -0.2) is 0 Å². The average molecular weight is 473 g/mol. The van der Waals surface area contributed by atoms with Gasteiger partial charge in [-0.2, -0.15) is 5.26 Å². The van der Waals surface area contributed by atoms with E-state index in [1.807, 2.05) is 66.7 Å².